The average molecular weight is 291 g/mol. The third kappa shape index (κ3) is 4.94. The molecule has 0 atom stereocenters. The molecule has 0 spiro atoms. The van der Waals surface area contributed by atoms with Crippen LogP contribution in [0, 0.1) is 0 Å². The zero-order valence-corrected chi connectivity index (χ0v) is 11.7. The van der Waals surface area contributed by atoms with Crippen LogP contribution in [-0.4, -0.2) is 19.2 Å². The zero-order valence-electron chi connectivity index (χ0n) is 10.9. The number of halogens is 1. The van der Waals surface area contributed by atoms with Crippen molar-refractivity contribution in [2.24, 2.45) is 0 Å². The number of carbonyl (C=O) groups is 1. The molecular weight excluding hydrogens is 276 g/mol. The lowest BCUT2D eigenvalue weighted by Gasteiger charge is -2.07. The Kier molecular flexibility index (Phi) is 5.44. The normalized spacial score (nSPS) is 10.1. The largest absolute Gasteiger partial charge is 0.490 e. The third-order valence-electron chi connectivity index (χ3n) is 2.62. The lowest BCUT2D eigenvalue weighted by molar-refractivity contribution is -0.143. The van der Waals surface area contributed by atoms with Gasteiger partial charge < -0.3 is 9.47 Å². The van der Waals surface area contributed by atoms with Crippen molar-refractivity contribution in [3.8, 4) is 5.75 Å². The van der Waals surface area contributed by atoms with Crippen LogP contribution in [0.5, 0.6) is 5.75 Å². The summed E-state index contributed by atoms with van der Waals surface area (Å²) in [4.78, 5) is 11.6. The second-order valence-electron chi connectivity index (χ2n) is 4.19. The van der Waals surface area contributed by atoms with Crippen LogP contribution in [0.25, 0.3) is 0 Å². The third-order valence-corrected chi connectivity index (χ3v) is 2.87. The lowest BCUT2D eigenvalue weighted by Crippen LogP contribution is -2.13. The molecule has 104 valence electrons. The summed E-state index contributed by atoms with van der Waals surface area (Å²) in [6.07, 6.45) is 0.280. The van der Waals surface area contributed by atoms with Crippen LogP contribution in [-0.2, 0) is 16.0 Å². The smallest absolute Gasteiger partial charge is 0.310 e. The van der Waals surface area contributed by atoms with E-state index in [9.17, 15) is 4.79 Å². The predicted octanol–water partition coefficient (Wildman–Crippen LogP) is 3.50. The van der Waals surface area contributed by atoms with Crippen molar-refractivity contribution in [2.45, 2.75) is 6.42 Å². The summed E-state index contributed by atoms with van der Waals surface area (Å²) >= 11 is 5.77. The fourth-order valence-electron chi connectivity index (χ4n) is 1.66. The fraction of sp³-hybridized carbons (Fsp3) is 0.188. The molecular formula is C16H15ClO3. The minimum absolute atomic E-state index is 0.230. The molecule has 0 bridgehead atoms. The van der Waals surface area contributed by atoms with E-state index in [-0.39, 0.29) is 19.0 Å². The highest BCUT2D eigenvalue weighted by atomic mass is 35.5. The number of ether oxygens (including phenoxy) is 2. The van der Waals surface area contributed by atoms with Gasteiger partial charge in [-0.3, -0.25) is 4.79 Å². The Balaban J connectivity index is 1.66. The first-order valence-corrected chi connectivity index (χ1v) is 6.70. The van der Waals surface area contributed by atoms with Crippen LogP contribution in [0.2, 0.25) is 5.02 Å². The molecule has 20 heavy (non-hydrogen) atoms. The molecule has 4 heteroatoms. The van der Waals surface area contributed by atoms with E-state index in [1.165, 1.54) is 0 Å². The first-order chi connectivity index (χ1) is 9.74. The molecule has 0 aliphatic carbocycles. The summed E-state index contributed by atoms with van der Waals surface area (Å²) in [7, 11) is 0. The molecule has 3 nitrogen and oxygen atoms in total. The van der Waals surface area contributed by atoms with Crippen molar-refractivity contribution >= 4 is 17.6 Å². The van der Waals surface area contributed by atoms with Crippen molar-refractivity contribution in [3.05, 3.63) is 65.2 Å². The van der Waals surface area contributed by atoms with Crippen molar-refractivity contribution in [1.29, 1.82) is 0 Å². The monoisotopic (exact) mass is 290 g/mol. The maximum absolute atomic E-state index is 11.6. The van der Waals surface area contributed by atoms with Crippen molar-refractivity contribution in [2.75, 3.05) is 13.2 Å². The van der Waals surface area contributed by atoms with E-state index < -0.39 is 0 Å². The van der Waals surface area contributed by atoms with Crippen LogP contribution < -0.4 is 4.74 Å². The molecule has 0 aromatic heterocycles. The quantitative estimate of drug-likeness (QED) is 0.603. The van der Waals surface area contributed by atoms with Crippen LogP contribution in [0.1, 0.15) is 5.56 Å². The van der Waals surface area contributed by atoms with Crippen molar-refractivity contribution in [3.63, 3.8) is 0 Å². The maximum atomic E-state index is 11.6. The van der Waals surface area contributed by atoms with E-state index in [2.05, 4.69) is 0 Å². The van der Waals surface area contributed by atoms with Crippen LogP contribution in [0.4, 0.5) is 0 Å². The molecule has 0 N–H and O–H groups in total. The summed E-state index contributed by atoms with van der Waals surface area (Å²) in [6, 6.07) is 16.5. The SMILES string of the molecule is O=C(Cc1ccccc1)OCCOc1ccc(Cl)cc1. The van der Waals surface area contributed by atoms with E-state index >= 15 is 0 Å². The highest BCUT2D eigenvalue weighted by Crippen LogP contribution is 2.15. The van der Waals surface area contributed by atoms with Gasteiger partial charge in [-0.05, 0) is 29.8 Å². The molecule has 2 aromatic rings. The first-order valence-electron chi connectivity index (χ1n) is 6.32. The second-order valence-corrected chi connectivity index (χ2v) is 4.62. The van der Waals surface area contributed by atoms with Gasteiger partial charge in [0.2, 0.25) is 0 Å². The Labute approximate surface area is 123 Å². The minimum atomic E-state index is -0.254. The van der Waals surface area contributed by atoms with Gasteiger partial charge in [-0.15, -0.1) is 0 Å². The van der Waals surface area contributed by atoms with E-state index in [0.717, 1.165) is 5.56 Å². The maximum Gasteiger partial charge on any atom is 0.310 e. The van der Waals surface area contributed by atoms with Crippen LogP contribution >= 0.6 is 11.6 Å². The summed E-state index contributed by atoms with van der Waals surface area (Å²) in [6.45, 7) is 0.552. The van der Waals surface area contributed by atoms with Gasteiger partial charge >= 0.3 is 5.97 Å². The van der Waals surface area contributed by atoms with Gasteiger partial charge in [0.05, 0.1) is 6.42 Å². The van der Waals surface area contributed by atoms with Gasteiger partial charge in [-0.2, -0.15) is 0 Å². The fourth-order valence-corrected chi connectivity index (χ4v) is 1.79. The Morgan fingerprint density at radius 2 is 1.65 bits per heavy atom. The van der Waals surface area contributed by atoms with Crippen molar-refractivity contribution < 1.29 is 14.3 Å². The van der Waals surface area contributed by atoms with Crippen LogP contribution in [0.15, 0.2) is 54.6 Å². The van der Waals surface area contributed by atoms with E-state index in [1.807, 2.05) is 30.3 Å². The number of hydrogen-bond acceptors (Lipinski definition) is 3. The zero-order chi connectivity index (χ0) is 14.2. The standard InChI is InChI=1S/C16H15ClO3/c17-14-6-8-15(9-7-14)19-10-11-20-16(18)12-13-4-2-1-3-5-13/h1-9H,10-12H2. The number of benzene rings is 2. The molecule has 0 unspecified atom stereocenters. The molecule has 2 rings (SSSR count). The van der Waals surface area contributed by atoms with Crippen LogP contribution in [0.3, 0.4) is 0 Å². The molecule has 0 radical (unpaired) electrons. The van der Waals surface area contributed by atoms with Gasteiger partial charge in [0.1, 0.15) is 19.0 Å². The Hall–Kier alpha value is -2.00. The van der Waals surface area contributed by atoms with Gasteiger partial charge in [-0.1, -0.05) is 41.9 Å². The Morgan fingerprint density at radius 1 is 0.950 bits per heavy atom. The first kappa shape index (κ1) is 14.4. The molecule has 0 aliphatic rings. The summed E-state index contributed by atoms with van der Waals surface area (Å²) in [5.74, 6) is 0.449. The highest BCUT2D eigenvalue weighted by Gasteiger charge is 2.04. The van der Waals surface area contributed by atoms with E-state index in [0.29, 0.717) is 17.4 Å². The topological polar surface area (TPSA) is 35.5 Å². The highest BCUT2D eigenvalue weighted by molar-refractivity contribution is 6.30. The molecule has 0 fully saturated rings. The minimum Gasteiger partial charge on any atom is -0.490 e. The molecule has 0 aliphatic heterocycles. The second kappa shape index (κ2) is 7.56. The number of esters is 1. The summed E-state index contributed by atoms with van der Waals surface area (Å²) in [5, 5.41) is 0.659. The van der Waals surface area contributed by atoms with E-state index in [1.54, 1.807) is 24.3 Å². The summed E-state index contributed by atoms with van der Waals surface area (Å²) in [5.41, 5.74) is 0.941. The van der Waals surface area contributed by atoms with Gasteiger partial charge in [-0.25, -0.2) is 0 Å². The molecule has 2 aromatic carbocycles. The lowest BCUT2D eigenvalue weighted by atomic mass is 10.2. The average Bonchev–Trinajstić information content (AvgIpc) is 2.46. The number of carbonyl (C=O) groups excluding carboxylic acids is 1. The van der Waals surface area contributed by atoms with E-state index in [4.69, 9.17) is 21.1 Å². The van der Waals surface area contributed by atoms with Gasteiger partial charge in [0, 0.05) is 5.02 Å². The molecule has 0 saturated heterocycles. The number of hydrogen-bond donors (Lipinski definition) is 0. The molecule has 0 saturated carbocycles. The van der Waals surface area contributed by atoms with Crippen molar-refractivity contribution in [1.82, 2.24) is 0 Å². The molecule has 0 heterocycles. The van der Waals surface area contributed by atoms with Gasteiger partial charge in [0.25, 0.3) is 0 Å². The Morgan fingerprint density at radius 3 is 2.35 bits per heavy atom. The molecule has 0 amide bonds. The van der Waals surface area contributed by atoms with Gasteiger partial charge in [0.15, 0.2) is 0 Å². The number of rotatable bonds is 6. The predicted molar refractivity (Wildman–Crippen MR) is 78.1 cm³/mol. The Bertz CT molecular complexity index is 537. The summed E-state index contributed by atoms with van der Waals surface area (Å²) < 4.78 is 10.5.